The van der Waals surface area contributed by atoms with Gasteiger partial charge in [0.1, 0.15) is 11.9 Å². The molecule has 1 unspecified atom stereocenters. The number of rotatable bonds is 7. The molecule has 2 aliphatic rings. The van der Waals surface area contributed by atoms with Crippen LogP contribution < -0.4 is 26.8 Å². The number of hydrogen-bond donors (Lipinski definition) is 4. The molecule has 0 saturated carbocycles. The van der Waals surface area contributed by atoms with E-state index in [1.807, 2.05) is 32.9 Å². The molecule has 0 bridgehead atoms. The fraction of sp³-hybridized carbons (Fsp3) is 0.357. The fourth-order valence-electron chi connectivity index (χ4n) is 5.53. The van der Waals surface area contributed by atoms with Crippen molar-refractivity contribution < 1.29 is 4.74 Å². The van der Waals surface area contributed by atoms with Gasteiger partial charge in [-0.3, -0.25) is 5.41 Å². The molecule has 2 saturated heterocycles. The van der Waals surface area contributed by atoms with Gasteiger partial charge in [-0.05, 0) is 76.0 Å². The molecule has 8 nitrogen and oxygen atoms in total. The lowest BCUT2D eigenvalue weighted by atomic mass is 9.73. The Morgan fingerprint density at radius 3 is 2.44 bits per heavy atom. The maximum Gasteiger partial charge on any atom is 0.123 e. The van der Waals surface area contributed by atoms with Gasteiger partial charge in [0.25, 0.3) is 0 Å². The molecule has 7 N–H and O–H groups in total. The summed E-state index contributed by atoms with van der Waals surface area (Å²) in [6.45, 7) is 9.75. The van der Waals surface area contributed by atoms with Crippen molar-refractivity contribution >= 4 is 17.1 Å². The number of nitrogens with zero attached hydrogens (tertiary/aromatic N) is 3. The van der Waals surface area contributed by atoms with Gasteiger partial charge in [-0.1, -0.05) is 0 Å². The second-order valence-corrected chi connectivity index (χ2v) is 10.2. The minimum Gasteiger partial charge on any atom is -0.486 e. The van der Waals surface area contributed by atoms with E-state index in [0.29, 0.717) is 39.2 Å². The Hall–Kier alpha value is -3.96. The number of nitrogen functional groups attached to an aromatic ring is 1. The average Bonchev–Trinajstić information content (AvgIpc) is 2.80. The molecule has 2 aliphatic heterocycles. The minimum atomic E-state index is -0.349. The van der Waals surface area contributed by atoms with Crippen LogP contribution in [0, 0.1) is 22.2 Å². The highest BCUT2D eigenvalue weighted by molar-refractivity contribution is 6.14. The molecule has 2 fully saturated rings. The van der Waals surface area contributed by atoms with Gasteiger partial charge in [-0.15, -0.1) is 0 Å². The highest BCUT2D eigenvalue weighted by Gasteiger charge is 2.50. The number of likely N-dealkylation sites (tertiary alicyclic amines) is 1. The van der Waals surface area contributed by atoms with Crippen LogP contribution in [0.25, 0.3) is 0 Å². The first kappa shape index (κ1) is 25.1. The molecule has 2 aromatic rings. The van der Waals surface area contributed by atoms with Crippen LogP contribution in [0.15, 0.2) is 59.4 Å². The van der Waals surface area contributed by atoms with Crippen LogP contribution in [-0.2, 0) is 0 Å². The van der Waals surface area contributed by atoms with E-state index in [1.165, 1.54) is 6.20 Å². The van der Waals surface area contributed by atoms with Crippen molar-refractivity contribution in [3.8, 4) is 11.8 Å². The Kier molecular flexibility index (Phi) is 6.70. The number of nitriles is 1. The third-order valence-corrected chi connectivity index (χ3v) is 7.08. The summed E-state index contributed by atoms with van der Waals surface area (Å²) >= 11 is 0. The highest BCUT2D eigenvalue weighted by Crippen LogP contribution is 2.41. The fourth-order valence-corrected chi connectivity index (χ4v) is 5.53. The van der Waals surface area contributed by atoms with E-state index in [0.717, 1.165) is 43.0 Å². The van der Waals surface area contributed by atoms with Crippen LogP contribution in [0.2, 0.25) is 0 Å². The summed E-state index contributed by atoms with van der Waals surface area (Å²) in [6, 6.07) is 13.1. The van der Waals surface area contributed by atoms with E-state index in [9.17, 15) is 5.26 Å². The first-order valence-corrected chi connectivity index (χ1v) is 12.0. The molecule has 0 aliphatic carbocycles. The van der Waals surface area contributed by atoms with Crippen LogP contribution in [-0.4, -0.2) is 49.9 Å². The van der Waals surface area contributed by atoms with Crippen LogP contribution >= 0.6 is 0 Å². The van der Waals surface area contributed by atoms with Gasteiger partial charge in [-0.25, -0.2) is 0 Å². The summed E-state index contributed by atoms with van der Waals surface area (Å²) in [5.41, 5.74) is 24.1. The Bertz CT molecular complexity index is 1290. The Labute approximate surface area is 213 Å². The van der Waals surface area contributed by atoms with Gasteiger partial charge in [0.2, 0.25) is 0 Å². The van der Waals surface area contributed by atoms with Gasteiger partial charge in [0, 0.05) is 65.4 Å². The third-order valence-electron chi connectivity index (χ3n) is 7.08. The van der Waals surface area contributed by atoms with E-state index >= 15 is 0 Å². The lowest BCUT2D eigenvalue weighted by Gasteiger charge is -2.60. The number of benzene rings is 2. The largest absolute Gasteiger partial charge is 0.486 e. The maximum absolute atomic E-state index is 9.65. The van der Waals surface area contributed by atoms with Gasteiger partial charge in [-0.2, -0.15) is 5.26 Å². The molecule has 2 heterocycles. The minimum absolute atomic E-state index is 0.242. The number of nitrogens with two attached hydrogens (primary N) is 3. The van der Waals surface area contributed by atoms with Crippen molar-refractivity contribution in [2.75, 3.05) is 43.9 Å². The normalized spacial score (nSPS) is 18.5. The van der Waals surface area contributed by atoms with E-state index in [4.69, 9.17) is 27.3 Å². The predicted octanol–water partition coefficient (Wildman–Crippen LogP) is 3.17. The summed E-state index contributed by atoms with van der Waals surface area (Å²) < 4.78 is 6.18. The van der Waals surface area contributed by atoms with Crippen molar-refractivity contribution in [1.29, 1.82) is 10.7 Å². The summed E-state index contributed by atoms with van der Waals surface area (Å²) in [7, 11) is 2.14. The molecule has 8 heteroatoms. The monoisotopic (exact) mass is 485 g/mol. The van der Waals surface area contributed by atoms with Gasteiger partial charge in [0.15, 0.2) is 0 Å². The number of allylic oxidation sites excluding steroid dienone is 1. The lowest BCUT2D eigenvalue weighted by Crippen LogP contribution is -2.71. The molecular weight excluding hydrogens is 450 g/mol. The van der Waals surface area contributed by atoms with E-state index < -0.39 is 0 Å². The molecule has 1 spiro atoms. The van der Waals surface area contributed by atoms with E-state index in [1.54, 1.807) is 24.3 Å². The number of anilines is 2. The van der Waals surface area contributed by atoms with Gasteiger partial charge in [0.05, 0.1) is 17.3 Å². The Morgan fingerprint density at radius 1 is 1.17 bits per heavy atom. The zero-order valence-corrected chi connectivity index (χ0v) is 21.4. The topological polar surface area (TPSA) is 141 Å². The highest BCUT2D eigenvalue weighted by atomic mass is 16.5. The van der Waals surface area contributed by atoms with Crippen molar-refractivity contribution in [3.05, 3.63) is 76.1 Å². The zero-order chi connectivity index (χ0) is 26.2. The number of nitrogens with one attached hydrogen (secondary N) is 1. The molecule has 2 aromatic carbocycles. The zero-order valence-electron chi connectivity index (χ0n) is 21.4. The average molecular weight is 486 g/mol. The number of ether oxygens (including phenoxy) is 1. The number of hydrogen-bond acceptors (Lipinski definition) is 8. The standard InChI is InChI=1S/C28H35N7O/c1-17(11-29)26(18(2)31)19(3)36-23-5-6-25(32)24(10-23)27(33)21-7-20(12-30)8-22(9-21)35-15-28(16-35)13-34(4)14-28/h5-11,19,33H,13-16,29,31-32H2,1-4H3/b17-11-,26-18+,33-27?. The molecule has 36 heavy (non-hydrogen) atoms. The van der Waals surface area contributed by atoms with Crippen molar-refractivity contribution in [1.82, 2.24) is 4.90 Å². The predicted molar refractivity (Wildman–Crippen MR) is 145 cm³/mol. The SMILES string of the molecule is CC(=C/N)/C(=C(/C)N)C(C)Oc1ccc(N)c(C(=N)c2cc(C#N)cc(N3CC4(CN(C)C4)C3)c2)c1. The van der Waals surface area contributed by atoms with Crippen LogP contribution in [0.1, 0.15) is 37.5 Å². The smallest absolute Gasteiger partial charge is 0.123 e. The quantitative estimate of drug-likeness (QED) is 0.268. The van der Waals surface area contributed by atoms with Crippen LogP contribution in [0.3, 0.4) is 0 Å². The molecule has 0 amide bonds. The molecular formula is C28H35N7O. The van der Waals surface area contributed by atoms with Crippen molar-refractivity contribution in [2.24, 2.45) is 16.9 Å². The Morgan fingerprint density at radius 2 is 1.86 bits per heavy atom. The summed E-state index contributed by atoms with van der Waals surface area (Å²) in [4.78, 5) is 4.61. The van der Waals surface area contributed by atoms with Gasteiger partial charge < -0.3 is 31.7 Å². The molecule has 0 aromatic heterocycles. The maximum atomic E-state index is 9.65. The molecule has 4 rings (SSSR count). The van der Waals surface area contributed by atoms with E-state index in [-0.39, 0.29) is 11.8 Å². The molecule has 0 radical (unpaired) electrons. The summed E-state index contributed by atoms with van der Waals surface area (Å²) in [5.74, 6) is 0.565. The molecule has 188 valence electrons. The van der Waals surface area contributed by atoms with Crippen LogP contribution in [0.5, 0.6) is 5.75 Å². The Balaban J connectivity index is 1.59. The second kappa shape index (κ2) is 9.59. The second-order valence-electron chi connectivity index (χ2n) is 10.2. The molecule has 1 atom stereocenters. The third kappa shape index (κ3) is 4.75. The van der Waals surface area contributed by atoms with Crippen molar-refractivity contribution in [3.63, 3.8) is 0 Å². The van der Waals surface area contributed by atoms with Crippen LogP contribution in [0.4, 0.5) is 11.4 Å². The lowest BCUT2D eigenvalue weighted by molar-refractivity contribution is -0.00239. The first-order valence-electron chi connectivity index (χ1n) is 12.0. The van der Waals surface area contributed by atoms with Crippen molar-refractivity contribution in [2.45, 2.75) is 26.9 Å². The van der Waals surface area contributed by atoms with Gasteiger partial charge >= 0.3 is 0 Å². The first-order chi connectivity index (χ1) is 17.1. The summed E-state index contributed by atoms with van der Waals surface area (Å²) in [6.07, 6.45) is 1.16. The van der Waals surface area contributed by atoms with E-state index in [2.05, 4.69) is 22.9 Å². The summed E-state index contributed by atoms with van der Waals surface area (Å²) in [5, 5.41) is 18.6.